The van der Waals surface area contributed by atoms with Gasteiger partial charge in [0.2, 0.25) is 0 Å². The fourth-order valence-electron chi connectivity index (χ4n) is 0.967. The Labute approximate surface area is 84.4 Å². The zero-order chi connectivity index (χ0) is 10.4. The summed E-state index contributed by atoms with van der Waals surface area (Å²) in [5.41, 5.74) is 1.59. The molecule has 0 saturated heterocycles. The summed E-state index contributed by atoms with van der Waals surface area (Å²) in [6, 6.07) is 9.29. The minimum Gasteiger partial charge on any atom is -0.488 e. The van der Waals surface area contributed by atoms with Crippen LogP contribution >= 0.6 is 0 Å². The number of para-hydroxylation sites is 1. The lowest BCUT2D eigenvalue weighted by Gasteiger charge is -2.07. The van der Waals surface area contributed by atoms with Gasteiger partial charge in [0, 0.05) is 0 Å². The largest absolute Gasteiger partial charge is 0.488 e. The van der Waals surface area contributed by atoms with Crippen LogP contribution in [0.2, 0.25) is 0 Å². The van der Waals surface area contributed by atoms with Crippen molar-refractivity contribution in [1.29, 1.82) is 5.26 Å². The predicted octanol–water partition coefficient (Wildman–Crippen LogP) is 2.90. The van der Waals surface area contributed by atoms with Gasteiger partial charge in [0.1, 0.15) is 18.4 Å². The van der Waals surface area contributed by atoms with Gasteiger partial charge in [0.25, 0.3) is 0 Å². The van der Waals surface area contributed by atoms with Crippen LogP contribution in [-0.4, -0.2) is 6.61 Å². The number of ether oxygens (including phenoxy) is 1. The van der Waals surface area contributed by atoms with Crippen molar-refractivity contribution in [3.05, 3.63) is 42.0 Å². The number of rotatable bonds is 4. The number of nitrogens with zero attached hydrogens (tertiary/aromatic N) is 1. The summed E-state index contributed by atoms with van der Waals surface area (Å²) in [6.07, 6.45) is 0.898. The SMILES string of the molecule is C=C(CC)COc1ccccc1C#N. The Morgan fingerprint density at radius 2 is 2.21 bits per heavy atom. The normalized spacial score (nSPS) is 9.14. The lowest BCUT2D eigenvalue weighted by Crippen LogP contribution is -2.00. The highest BCUT2D eigenvalue weighted by atomic mass is 16.5. The van der Waals surface area contributed by atoms with Crippen LogP contribution in [0.4, 0.5) is 0 Å². The number of hydrogen-bond donors (Lipinski definition) is 0. The van der Waals surface area contributed by atoms with E-state index >= 15 is 0 Å². The van der Waals surface area contributed by atoms with E-state index in [-0.39, 0.29) is 0 Å². The van der Waals surface area contributed by atoms with Crippen molar-refractivity contribution in [2.75, 3.05) is 6.61 Å². The van der Waals surface area contributed by atoms with Gasteiger partial charge in [-0.05, 0) is 24.1 Å². The maximum absolute atomic E-state index is 8.79. The van der Waals surface area contributed by atoms with Gasteiger partial charge in [-0.15, -0.1) is 0 Å². The van der Waals surface area contributed by atoms with Crippen molar-refractivity contribution in [2.45, 2.75) is 13.3 Å². The Balaban J connectivity index is 2.68. The first-order chi connectivity index (χ1) is 6.77. The van der Waals surface area contributed by atoms with E-state index in [2.05, 4.69) is 12.6 Å². The van der Waals surface area contributed by atoms with E-state index in [1.54, 1.807) is 12.1 Å². The minimum absolute atomic E-state index is 0.481. The summed E-state index contributed by atoms with van der Waals surface area (Å²) in [4.78, 5) is 0. The number of hydrogen-bond acceptors (Lipinski definition) is 2. The van der Waals surface area contributed by atoms with Crippen molar-refractivity contribution in [2.24, 2.45) is 0 Å². The topological polar surface area (TPSA) is 33.0 Å². The molecule has 0 aliphatic carbocycles. The number of benzene rings is 1. The zero-order valence-electron chi connectivity index (χ0n) is 8.29. The molecular formula is C12H13NO. The molecule has 0 bridgehead atoms. The molecular weight excluding hydrogens is 174 g/mol. The first kappa shape index (κ1) is 10.3. The van der Waals surface area contributed by atoms with E-state index in [0.717, 1.165) is 12.0 Å². The third-order valence-corrected chi connectivity index (χ3v) is 1.94. The molecule has 2 heteroatoms. The van der Waals surface area contributed by atoms with Gasteiger partial charge >= 0.3 is 0 Å². The molecule has 72 valence electrons. The molecule has 1 aromatic rings. The highest BCUT2D eigenvalue weighted by Gasteiger charge is 2.01. The van der Waals surface area contributed by atoms with Crippen LogP contribution in [0.1, 0.15) is 18.9 Å². The van der Waals surface area contributed by atoms with Crippen LogP contribution < -0.4 is 4.74 Å². The van der Waals surface area contributed by atoms with E-state index in [1.807, 2.05) is 19.1 Å². The van der Waals surface area contributed by atoms with E-state index in [9.17, 15) is 0 Å². The maximum Gasteiger partial charge on any atom is 0.137 e. The first-order valence-electron chi connectivity index (χ1n) is 4.56. The summed E-state index contributed by atoms with van der Waals surface area (Å²) in [5, 5.41) is 8.79. The van der Waals surface area contributed by atoms with Gasteiger partial charge in [0.05, 0.1) is 5.56 Å². The van der Waals surface area contributed by atoms with E-state index < -0.39 is 0 Å². The summed E-state index contributed by atoms with van der Waals surface area (Å²) in [5.74, 6) is 0.629. The lowest BCUT2D eigenvalue weighted by molar-refractivity contribution is 0.348. The molecule has 1 aromatic carbocycles. The number of nitriles is 1. The van der Waals surface area contributed by atoms with Crippen LogP contribution in [0.25, 0.3) is 0 Å². The first-order valence-corrected chi connectivity index (χ1v) is 4.56. The molecule has 2 nitrogen and oxygen atoms in total. The summed E-state index contributed by atoms with van der Waals surface area (Å²) >= 11 is 0. The third kappa shape index (κ3) is 2.63. The van der Waals surface area contributed by atoms with Crippen molar-refractivity contribution in [3.63, 3.8) is 0 Å². The Morgan fingerprint density at radius 1 is 1.50 bits per heavy atom. The molecule has 0 fully saturated rings. The summed E-state index contributed by atoms with van der Waals surface area (Å²) in [6.45, 7) is 6.35. The van der Waals surface area contributed by atoms with Gasteiger partial charge in [-0.2, -0.15) is 5.26 Å². The molecule has 0 aliphatic rings. The Bertz CT molecular complexity index is 363. The quantitative estimate of drug-likeness (QED) is 0.679. The molecule has 0 heterocycles. The molecule has 0 aliphatic heterocycles. The molecule has 14 heavy (non-hydrogen) atoms. The molecule has 0 radical (unpaired) electrons. The van der Waals surface area contributed by atoms with E-state index in [0.29, 0.717) is 17.9 Å². The maximum atomic E-state index is 8.79. The molecule has 0 spiro atoms. The van der Waals surface area contributed by atoms with Gasteiger partial charge in [-0.1, -0.05) is 25.6 Å². The second-order valence-corrected chi connectivity index (χ2v) is 3.00. The van der Waals surface area contributed by atoms with Crippen LogP contribution in [-0.2, 0) is 0 Å². The summed E-state index contributed by atoms with van der Waals surface area (Å²) in [7, 11) is 0. The van der Waals surface area contributed by atoms with Crippen molar-refractivity contribution in [3.8, 4) is 11.8 Å². The van der Waals surface area contributed by atoms with Gasteiger partial charge < -0.3 is 4.74 Å². The smallest absolute Gasteiger partial charge is 0.137 e. The molecule has 1 rings (SSSR count). The Morgan fingerprint density at radius 3 is 2.86 bits per heavy atom. The highest BCUT2D eigenvalue weighted by molar-refractivity contribution is 5.42. The molecule has 0 amide bonds. The van der Waals surface area contributed by atoms with Gasteiger partial charge in [0.15, 0.2) is 0 Å². The fourth-order valence-corrected chi connectivity index (χ4v) is 0.967. The lowest BCUT2D eigenvalue weighted by atomic mass is 10.2. The molecule has 0 aromatic heterocycles. The predicted molar refractivity (Wildman–Crippen MR) is 56.1 cm³/mol. The second-order valence-electron chi connectivity index (χ2n) is 3.00. The van der Waals surface area contributed by atoms with E-state index in [1.165, 1.54) is 0 Å². The Hall–Kier alpha value is -1.75. The van der Waals surface area contributed by atoms with Crippen LogP contribution in [0.15, 0.2) is 36.4 Å². The van der Waals surface area contributed by atoms with Crippen molar-refractivity contribution in [1.82, 2.24) is 0 Å². The van der Waals surface area contributed by atoms with Crippen LogP contribution in [0.5, 0.6) is 5.75 Å². The molecule has 0 atom stereocenters. The fraction of sp³-hybridized carbons (Fsp3) is 0.250. The molecule has 0 N–H and O–H groups in total. The summed E-state index contributed by atoms with van der Waals surface area (Å²) < 4.78 is 5.46. The molecule has 0 saturated carbocycles. The van der Waals surface area contributed by atoms with Gasteiger partial charge in [-0.25, -0.2) is 0 Å². The molecule has 0 unspecified atom stereocenters. The van der Waals surface area contributed by atoms with Crippen LogP contribution in [0, 0.1) is 11.3 Å². The second kappa shape index (κ2) is 5.08. The highest BCUT2D eigenvalue weighted by Crippen LogP contribution is 2.17. The zero-order valence-corrected chi connectivity index (χ0v) is 8.29. The van der Waals surface area contributed by atoms with Gasteiger partial charge in [-0.3, -0.25) is 0 Å². The minimum atomic E-state index is 0.481. The van der Waals surface area contributed by atoms with Crippen molar-refractivity contribution < 1.29 is 4.74 Å². The monoisotopic (exact) mass is 187 g/mol. The van der Waals surface area contributed by atoms with Crippen molar-refractivity contribution >= 4 is 0 Å². The standard InChI is InChI=1S/C12H13NO/c1-3-10(2)9-14-12-7-5-4-6-11(12)8-13/h4-7H,2-3,9H2,1H3. The van der Waals surface area contributed by atoms with Crippen LogP contribution in [0.3, 0.4) is 0 Å². The average molecular weight is 187 g/mol. The van der Waals surface area contributed by atoms with E-state index in [4.69, 9.17) is 10.00 Å². The third-order valence-electron chi connectivity index (χ3n) is 1.94. The Kier molecular flexibility index (Phi) is 3.75. The average Bonchev–Trinajstić information content (AvgIpc) is 2.26.